The molecule has 7 nitrogen and oxygen atoms in total. The average molecular weight is 497 g/mol. The van der Waals surface area contributed by atoms with Crippen molar-refractivity contribution in [2.75, 3.05) is 48.5 Å². The molecule has 1 fully saturated rings. The van der Waals surface area contributed by atoms with Crippen LogP contribution in [-0.4, -0.2) is 50.3 Å². The van der Waals surface area contributed by atoms with E-state index in [0.29, 0.717) is 46.7 Å². The number of methoxy groups -OCH3 is 1. The zero-order valence-corrected chi connectivity index (χ0v) is 20.1. The van der Waals surface area contributed by atoms with Gasteiger partial charge in [-0.3, -0.25) is 4.79 Å². The average Bonchev–Trinajstić information content (AvgIpc) is 2.89. The van der Waals surface area contributed by atoms with Gasteiger partial charge in [0.15, 0.2) is 5.75 Å². The van der Waals surface area contributed by atoms with E-state index in [9.17, 15) is 9.18 Å². The van der Waals surface area contributed by atoms with Gasteiger partial charge in [0.05, 0.1) is 34.6 Å². The summed E-state index contributed by atoms with van der Waals surface area (Å²) in [6.07, 6.45) is 3.52. The molecule has 2 aliphatic heterocycles. The molecule has 0 radical (unpaired) electrons. The number of ether oxygens (including phenoxy) is 2. The number of pyridine rings is 1. The molecule has 1 N–H and O–H groups in total. The summed E-state index contributed by atoms with van der Waals surface area (Å²) >= 11 is 5.98. The number of nitrogens with one attached hydrogen (secondary N) is 1. The summed E-state index contributed by atoms with van der Waals surface area (Å²) in [4.78, 5) is 21.5. The fourth-order valence-electron chi connectivity index (χ4n) is 4.56. The Balaban J connectivity index is 1.34. The lowest BCUT2D eigenvalue weighted by atomic mass is 10.1. The maximum atomic E-state index is 14.9. The van der Waals surface area contributed by atoms with Crippen molar-refractivity contribution in [3.8, 4) is 5.75 Å². The Morgan fingerprint density at radius 2 is 1.97 bits per heavy atom. The van der Waals surface area contributed by atoms with Gasteiger partial charge in [0.1, 0.15) is 18.2 Å². The molecule has 9 heteroatoms. The largest absolute Gasteiger partial charge is 0.489 e. The quantitative estimate of drug-likeness (QED) is 0.519. The number of nitrogens with zero attached hydrogens (tertiary/aromatic N) is 3. The number of aromatic nitrogens is 1. The molecular weight excluding hydrogens is 471 g/mol. The summed E-state index contributed by atoms with van der Waals surface area (Å²) < 4.78 is 26.2. The minimum atomic E-state index is -0.374. The number of carbonyl (C=O) groups excluding carboxylic acids is 1. The normalized spacial score (nSPS) is 16.0. The number of piperidine rings is 1. The van der Waals surface area contributed by atoms with Gasteiger partial charge in [-0.05, 0) is 55.3 Å². The van der Waals surface area contributed by atoms with Crippen LogP contribution in [0.15, 0.2) is 54.7 Å². The number of hydrogen-bond acceptors (Lipinski definition) is 6. The molecule has 0 unspecified atom stereocenters. The highest BCUT2D eigenvalue weighted by molar-refractivity contribution is 6.30. The molecule has 1 aromatic heterocycles. The zero-order chi connectivity index (χ0) is 24.4. The molecule has 0 atom stereocenters. The Hall–Kier alpha value is -3.36. The molecule has 0 bridgehead atoms. The Bertz CT molecular complexity index is 1220. The van der Waals surface area contributed by atoms with E-state index in [1.807, 2.05) is 21.9 Å². The fourth-order valence-corrected chi connectivity index (χ4v) is 4.68. The summed E-state index contributed by atoms with van der Waals surface area (Å²) in [5.74, 6) is 0.431. The van der Waals surface area contributed by atoms with Crippen molar-refractivity contribution in [3.63, 3.8) is 0 Å². The van der Waals surface area contributed by atoms with E-state index in [1.54, 1.807) is 43.6 Å². The van der Waals surface area contributed by atoms with E-state index in [4.69, 9.17) is 21.1 Å². The monoisotopic (exact) mass is 496 g/mol. The number of amides is 1. The summed E-state index contributed by atoms with van der Waals surface area (Å²) in [6, 6.07) is 13.7. The van der Waals surface area contributed by atoms with Crippen LogP contribution in [0.1, 0.15) is 23.2 Å². The minimum absolute atomic E-state index is 0.221. The van der Waals surface area contributed by atoms with Gasteiger partial charge < -0.3 is 24.6 Å². The van der Waals surface area contributed by atoms with Crippen LogP contribution in [0.3, 0.4) is 0 Å². The fraction of sp³-hybridized carbons (Fsp3) is 0.308. The highest BCUT2D eigenvalue weighted by Gasteiger charge is 2.26. The molecule has 0 saturated carbocycles. The molecule has 1 amide bonds. The number of benzene rings is 2. The van der Waals surface area contributed by atoms with Crippen LogP contribution < -0.4 is 19.9 Å². The number of hydrogen-bond donors (Lipinski definition) is 1. The van der Waals surface area contributed by atoms with Crippen LogP contribution >= 0.6 is 11.6 Å². The highest BCUT2D eigenvalue weighted by Crippen LogP contribution is 2.39. The second kappa shape index (κ2) is 10.1. The molecule has 182 valence electrons. The number of carbonyl (C=O) groups is 1. The first-order chi connectivity index (χ1) is 17.0. The first kappa shape index (κ1) is 23.4. The van der Waals surface area contributed by atoms with Gasteiger partial charge in [-0.15, -0.1) is 0 Å². The van der Waals surface area contributed by atoms with Gasteiger partial charge in [0.25, 0.3) is 5.91 Å². The van der Waals surface area contributed by atoms with Gasteiger partial charge >= 0.3 is 0 Å². The topological polar surface area (TPSA) is 66.9 Å². The van der Waals surface area contributed by atoms with Crippen molar-refractivity contribution in [1.82, 2.24) is 4.98 Å². The van der Waals surface area contributed by atoms with Crippen LogP contribution in [-0.2, 0) is 4.74 Å². The van der Waals surface area contributed by atoms with Gasteiger partial charge in [-0.25, -0.2) is 9.37 Å². The van der Waals surface area contributed by atoms with Gasteiger partial charge in [0.2, 0.25) is 0 Å². The maximum absolute atomic E-state index is 14.9. The second-order valence-corrected chi connectivity index (χ2v) is 8.97. The van der Waals surface area contributed by atoms with Crippen molar-refractivity contribution >= 4 is 40.4 Å². The van der Waals surface area contributed by atoms with Gasteiger partial charge in [-0.2, -0.15) is 0 Å². The van der Waals surface area contributed by atoms with E-state index >= 15 is 0 Å². The van der Waals surface area contributed by atoms with Crippen molar-refractivity contribution in [2.24, 2.45) is 0 Å². The van der Waals surface area contributed by atoms with Crippen molar-refractivity contribution in [3.05, 3.63) is 71.1 Å². The number of para-hydroxylation sites is 1. The zero-order valence-electron chi connectivity index (χ0n) is 19.3. The number of halogens is 2. The van der Waals surface area contributed by atoms with Crippen LogP contribution in [0.5, 0.6) is 5.75 Å². The van der Waals surface area contributed by atoms with Crippen molar-refractivity contribution in [2.45, 2.75) is 18.9 Å². The molecule has 1 saturated heterocycles. The third kappa shape index (κ3) is 4.90. The van der Waals surface area contributed by atoms with E-state index in [2.05, 4.69) is 10.3 Å². The summed E-state index contributed by atoms with van der Waals surface area (Å²) in [5, 5.41) is 3.36. The number of rotatable bonds is 5. The number of fused-ring (bicyclic) bond motifs is 1. The van der Waals surface area contributed by atoms with Crippen molar-refractivity contribution < 1.29 is 18.7 Å². The standard InChI is InChI=1S/C26H26ClFN4O3/c1-34-19-9-11-31(12-10-19)22-7-6-18(15-21(22)28)30-26(33)20-3-2-4-23-25(20)35-14-13-32(23)24-8-5-17(27)16-29-24/h2-8,15-16,19H,9-14H2,1H3,(H,30,33). The summed E-state index contributed by atoms with van der Waals surface area (Å²) in [5.41, 5.74) is 2.02. The van der Waals surface area contributed by atoms with E-state index < -0.39 is 0 Å². The third-order valence-electron chi connectivity index (χ3n) is 6.40. The Morgan fingerprint density at radius 1 is 1.14 bits per heavy atom. The molecule has 3 heterocycles. The lowest BCUT2D eigenvalue weighted by Crippen LogP contribution is -2.37. The SMILES string of the molecule is COC1CCN(c2ccc(NC(=O)c3cccc4c3OCCN4c3ccc(Cl)cn3)cc2F)CC1. The molecule has 3 aromatic rings. The predicted octanol–water partition coefficient (Wildman–Crippen LogP) is 5.27. The lowest BCUT2D eigenvalue weighted by molar-refractivity contribution is 0.0818. The van der Waals surface area contributed by atoms with E-state index in [0.717, 1.165) is 31.6 Å². The molecule has 0 aliphatic carbocycles. The minimum Gasteiger partial charge on any atom is -0.489 e. The van der Waals surface area contributed by atoms with Crippen LogP contribution in [0.2, 0.25) is 5.02 Å². The Morgan fingerprint density at radius 3 is 2.69 bits per heavy atom. The third-order valence-corrected chi connectivity index (χ3v) is 6.62. The Labute approximate surface area is 208 Å². The Kier molecular flexibility index (Phi) is 6.74. The molecule has 2 aromatic carbocycles. The summed E-state index contributed by atoms with van der Waals surface area (Å²) in [6.45, 7) is 2.44. The maximum Gasteiger partial charge on any atom is 0.259 e. The molecule has 35 heavy (non-hydrogen) atoms. The molecular formula is C26H26ClFN4O3. The highest BCUT2D eigenvalue weighted by atomic mass is 35.5. The molecule has 5 rings (SSSR count). The van der Waals surface area contributed by atoms with Crippen LogP contribution in [0, 0.1) is 5.82 Å². The van der Waals surface area contributed by atoms with Crippen LogP contribution in [0.25, 0.3) is 0 Å². The first-order valence-corrected chi connectivity index (χ1v) is 11.9. The molecule has 0 spiro atoms. The lowest BCUT2D eigenvalue weighted by Gasteiger charge is -2.33. The van der Waals surface area contributed by atoms with E-state index in [-0.39, 0.29) is 17.8 Å². The first-order valence-electron chi connectivity index (χ1n) is 11.6. The predicted molar refractivity (Wildman–Crippen MR) is 135 cm³/mol. The number of anilines is 4. The van der Waals surface area contributed by atoms with Crippen LogP contribution in [0.4, 0.5) is 27.3 Å². The molecule has 2 aliphatic rings. The second-order valence-electron chi connectivity index (χ2n) is 8.53. The van der Waals surface area contributed by atoms with Crippen molar-refractivity contribution in [1.29, 1.82) is 0 Å². The smallest absolute Gasteiger partial charge is 0.259 e. The summed E-state index contributed by atoms with van der Waals surface area (Å²) in [7, 11) is 1.71. The van der Waals surface area contributed by atoms with Gasteiger partial charge in [0, 0.05) is 32.1 Å². The van der Waals surface area contributed by atoms with Gasteiger partial charge in [-0.1, -0.05) is 17.7 Å². The van der Waals surface area contributed by atoms with E-state index in [1.165, 1.54) is 6.07 Å².